The normalized spacial score (nSPS) is 27.7. The van der Waals surface area contributed by atoms with Gasteiger partial charge in [-0.15, -0.1) is 0 Å². The fourth-order valence-corrected chi connectivity index (χ4v) is 5.15. The Morgan fingerprint density at radius 2 is 1.69 bits per heavy atom. The van der Waals surface area contributed by atoms with E-state index in [-0.39, 0.29) is 30.2 Å². The fraction of sp³-hybridized carbons (Fsp3) is 0.857. The summed E-state index contributed by atoms with van der Waals surface area (Å²) in [6, 6.07) is 0.378. The zero-order valence-corrected chi connectivity index (χ0v) is 17.4. The molecule has 8 nitrogen and oxygen atoms in total. The highest BCUT2D eigenvalue weighted by molar-refractivity contribution is 5.88. The average Bonchev–Trinajstić information content (AvgIpc) is 3.28. The van der Waals surface area contributed by atoms with Gasteiger partial charge in [-0.05, 0) is 19.3 Å². The van der Waals surface area contributed by atoms with E-state index >= 15 is 0 Å². The molecule has 162 valence electrons. The lowest BCUT2D eigenvalue weighted by Crippen LogP contribution is -2.57. The van der Waals surface area contributed by atoms with Gasteiger partial charge in [0.05, 0.1) is 25.7 Å². The second kappa shape index (κ2) is 9.43. The third-order valence-corrected chi connectivity index (χ3v) is 6.97. The van der Waals surface area contributed by atoms with Crippen molar-refractivity contribution in [1.29, 1.82) is 0 Å². The molecule has 0 aromatic carbocycles. The standard InChI is InChI=1S/C21H34N4O4/c26-19-6-5-17(15-23(19)8-7-22-11-13-29-14-12-22)21(28)24-9-10-25(20(27)16-24)18-3-1-2-4-18/h17-18H,1-16H2/t17-/m0/s1. The highest BCUT2D eigenvalue weighted by Gasteiger charge is 2.37. The van der Waals surface area contributed by atoms with Crippen molar-refractivity contribution in [3.05, 3.63) is 0 Å². The Bertz CT molecular complexity index is 616. The lowest BCUT2D eigenvalue weighted by Gasteiger charge is -2.40. The van der Waals surface area contributed by atoms with E-state index in [1.165, 1.54) is 12.8 Å². The lowest BCUT2D eigenvalue weighted by molar-refractivity contribution is -0.152. The molecule has 0 unspecified atom stereocenters. The Kier molecular flexibility index (Phi) is 6.70. The number of piperazine rings is 1. The Balaban J connectivity index is 1.28. The van der Waals surface area contributed by atoms with E-state index in [1.54, 1.807) is 4.90 Å². The van der Waals surface area contributed by atoms with Gasteiger partial charge in [0.25, 0.3) is 0 Å². The van der Waals surface area contributed by atoms with Gasteiger partial charge >= 0.3 is 0 Å². The van der Waals surface area contributed by atoms with Crippen LogP contribution in [0, 0.1) is 5.92 Å². The number of amides is 3. The molecule has 29 heavy (non-hydrogen) atoms. The van der Waals surface area contributed by atoms with E-state index in [4.69, 9.17) is 4.74 Å². The molecule has 0 N–H and O–H groups in total. The summed E-state index contributed by atoms with van der Waals surface area (Å²) in [5.41, 5.74) is 0. The van der Waals surface area contributed by atoms with Crippen LogP contribution in [0.1, 0.15) is 38.5 Å². The number of likely N-dealkylation sites (tertiary alicyclic amines) is 1. The SMILES string of the molecule is O=C1CC[C@H](C(=O)N2CCN(C3CCCC3)C(=O)C2)CN1CCN1CCOCC1. The predicted octanol–water partition coefficient (Wildman–Crippen LogP) is 0.171. The number of hydrogen-bond acceptors (Lipinski definition) is 5. The van der Waals surface area contributed by atoms with Crippen LogP contribution in [0.4, 0.5) is 0 Å². The molecular weight excluding hydrogens is 372 g/mol. The molecule has 3 heterocycles. The van der Waals surface area contributed by atoms with E-state index in [9.17, 15) is 14.4 Å². The number of nitrogens with zero attached hydrogens (tertiary/aromatic N) is 4. The molecule has 8 heteroatoms. The van der Waals surface area contributed by atoms with Crippen molar-refractivity contribution < 1.29 is 19.1 Å². The molecule has 0 aromatic rings. The minimum atomic E-state index is -0.178. The first-order valence-electron chi connectivity index (χ1n) is 11.3. The van der Waals surface area contributed by atoms with Crippen LogP contribution in [0.25, 0.3) is 0 Å². The van der Waals surface area contributed by atoms with Crippen molar-refractivity contribution in [2.75, 3.05) is 65.6 Å². The molecule has 1 saturated carbocycles. The van der Waals surface area contributed by atoms with Crippen LogP contribution in [0.5, 0.6) is 0 Å². The molecule has 0 radical (unpaired) electrons. The lowest BCUT2D eigenvalue weighted by atomic mass is 9.95. The topological polar surface area (TPSA) is 73.4 Å². The number of carbonyl (C=O) groups is 3. The van der Waals surface area contributed by atoms with Crippen molar-refractivity contribution in [2.45, 2.75) is 44.6 Å². The molecule has 3 saturated heterocycles. The molecule has 0 aromatic heterocycles. The van der Waals surface area contributed by atoms with Crippen molar-refractivity contribution in [3.63, 3.8) is 0 Å². The van der Waals surface area contributed by atoms with Crippen LogP contribution >= 0.6 is 0 Å². The summed E-state index contributed by atoms with van der Waals surface area (Å²) in [6.45, 7) is 6.75. The number of carbonyl (C=O) groups excluding carboxylic acids is 3. The molecule has 4 fully saturated rings. The van der Waals surface area contributed by atoms with E-state index < -0.39 is 0 Å². The van der Waals surface area contributed by atoms with Gasteiger partial charge in [-0.2, -0.15) is 0 Å². The average molecular weight is 407 g/mol. The Morgan fingerprint density at radius 1 is 0.931 bits per heavy atom. The fourth-order valence-electron chi connectivity index (χ4n) is 5.15. The van der Waals surface area contributed by atoms with Gasteiger partial charge in [0, 0.05) is 58.3 Å². The first-order valence-corrected chi connectivity index (χ1v) is 11.3. The smallest absolute Gasteiger partial charge is 0.242 e. The monoisotopic (exact) mass is 406 g/mol. The molecule has 3 amide bonds. The summed E-state index contributed by atoms with van der Waals surface area (Å²) in [6.07, 6.45) is 5.63. The third-order valence-electron chi connectivity index (χ3n) is 6.97. The molecular formula is C21H34N4O4. The maximum absolute atomic E-state index is 13.1. The first kappa shape index (κ1) is 20.6. The van der Waals surface area contributed by atoms with E-state index in [0.717, 1.165) is 45.7 Å². The zero-order valence-electron chi connectivity index (χ0n) is 17.4. The van der Waals surface area contributed by atoms with E-state index in [0.29, 0.717) is 45.1 Å². The van der Waals surface area contributed by atoms with Gasteiger partial charge in [-0.1, -0.05) is 12.8 Å². The molecule has 4 aliphatic rings. The molecule has 0 bridgehead atoms. The highest BCUT2D eigenvalue weighted by atomic mass is 16.5. The number of piperidine rings is 1. The zero-order chi connectivity index (χ0) is 20.2. The molecule has 0 spiro atoms. The van der Waals surface area contributed by atoms with Crippen LogP contribution in [0.2, 0.25) is 0 Å². The minimum absolute atomic E-state index is 0.0493. The number of ether oxygens (including phenoxy) is 1. The van der Waals surface area contributed by atoms with Crippen LogP contribution in [-0.4, -0.2) is 109 Å². The van der Waals surface area contributed by atoms with E-state index in [2.05, 4.69) is 4.90 Å². The van der Waals surface area contributed by atoms with Crippen molar-refractivity contribution >= 4 is 17.7 Å². The maximum Gasteiger partial charge on any atom is 0.242 e. The summed E-state index contributed by atoms with van der Waals surface area (Å²) in [7, 11) is 0. The van der Waals surface area contributed by atoms with Crippen molar-refractivity contribution in [2.24, 2.45) is 5.92 Å². The van der Waals surface area contributed by atoms with Crippen molar-refractivity contribution in [3.8, 4) is 0 Å². The van der Waals surface area contributed by atoms with Crippen LogP contribution in [-0.2, 0) is 19.1 Å². The first-order chi connectivity index (χ1) is 14.1. The van der Waals surface area contributed by atoms with Crippen LogP contribution < -0.4 is 0 Å². The van der Waals surface area contributed by atoms with Gasteiger partial charge in [0.2, 0.25) is 17.7 Å². The summed E-state index contributed by atoms with van der Waals surface area (Å²) in [4.78, 5) is 45.9. The maximum atomic E-state index is 13.1. The van der Waals surface area contributed by atoms with Gasteiger partial charge in [-0.3, -0.25) is 19.3 Å². The third kappa shape index (κ3) is 4.91. The Morgan fingerprint density at radius 3 is 2.41 bits per heavy atom. The predicted molar refractivity (Wildman–Crippen MR) is 107 cm³/mol. The number of rotatable bonds is 5. The van der Waals surface area contributed by atoms with Gasteiger partial charge < -0.3 is 19.4 Å². The number of morpholine rings is 1. The molecule has 3 aliphatic heterocycles. The Hall–Kier alpha value is -1.67. The summed E-state index contributed by atoms with van der Waals surface area (Å²) >= 11 is 0. The second-order valence-corrected chi connectivity index (χ2v) is 8.81. The second-order valence-electron chi connectivity index (χ2n) is 8.81. The minimum Gasteiger partial charge on any atom is -0.379 e. The van der Waals surface area contributed by atoms with Crippen LogP contribution in [0.15, 0.2) is 0 Å². The Labute approximate surface area is 173 Å². The summed E-state index contributed by atoms with van der Waals surface area (Å²) in [5, 5.41) is 0. The highest BCUT2D eigenvalue weighted by Crippen LogP contribution is 2.26. The summed E-state index contributed by atoms with van der Waals surface area (Å²) in [5.74, 6) is 0.105. The van der Waals surface area contributed by atoms with Crippen molar-refractivity contribution in [1.82, 2.24) is 19.6 Å². The van der Waals surface area contributed by atoms with E-state index in [1.807, 2.05) is 9.80 Å². The molecule has 4 rings (SSSR count). The number of hydrogen-bond donors (Lipinski definition) is 0. The van der Waals surface area contributed by atoms with Crippen LogP contribution in [0.3, 0.4) is 0 Å². The van der Waals surface area contributed by atoms with Gasteiger partial charge in [-0.25, -0.2) is 0 Å². The van der Waals surface area contributed by atoms with Gasteiger partial charge in [0.15, 0.2) is 0 Å². The quantitative estimate of drug-likeness (QED) is 0.651. The molecule has 1 aliphatic carbocycles. The summed E-state index contributed by atoms with van der Waals surface area (Å²) < 4.78 is 5.37. The largest absolute Gasteiger partial charge is 0.379 e. The molecule has 1 atom stereocenters. The van der Waals surface area contributed by atoms with Gasteiger partial charge in [0.1, 0.15) is 0 Å².